The Morgan fingerprint density at radius 1 is 1.43 bits per heavy atom. The van der Waals surface area contributed by atoms with Crippen LogP contribution in [-0.2, 0) is 5.54 Å². The van der Waals surface area contributed by atoms with Crippen LogP contribution in [0, 0.1) is 0 Å². The molecule has 14 heavy (non-hydrogen) atoms. The van der Waals surface area contributed by atoms with Gasteiger partial charge in [-0.05, 0) is 12.8 Å². The second kappa shape index (κ2) is 2.92. The zero-order chi connectivity index (χ0) is 10.3. The van der Waals surface area contributed by atoms with E-state index in [-0.39, 0.29) is 5.54 Å². The molecule has 1 aliphatic carbocycles. The van der Waals surface area contributed by atoms with Gasteiger partial charge >= 0.3 is 0 Å². The lowest BCUT2D eigenvalue weighted by Gasteiger charge is -2.12. The van der Waals surface area contributed by atoms with Gasteiger partial charge in [-0.3, -0.25) is 0 Å². The summed E-state index contributed by atoms with van der Waals surface area (Å²) < 4.78 is 0. The number of aromatic nitrogens is 2. The van der Waals surface area contributed by atoms with Gasteiger partial charge in [0.05, 0.1) is 0 Å². The molecule has 1 heterocycles. The van der Waals surface area contributed by atoms with Crippen molar-refractivity contribution in [1.82, 2.24) is 9.97 Å². The molecule has 0 amide bonds. The number of hydrogen-bond donors (Lipinski definition) is 2. The molecule has 76 valence electrons. The van der Waals surface area contributed by atoms with Crippen LogP contribution in [0.2, 0.25) is 0 Å². The van der Waals surface area contributed by atoms with Crippen molar-refractivity contribution in [1.29, 1.82) is 0 Å². The quantitative estimate of drug-likeness (QED) is 0.736. The predicted octanol–water partition coefficient (Wildman–Crippen LogP) is 1.13. The Hall–Kier alpha value is -1.16. The van der Waals surface area contributed by atoms with Gasteiger partial charge < -0.3 is 11.5 Å². The first kappa shape index (κ1) is 9.40. The molecule has 0 atom stereocenters. The lowest BCUT2D eigenvalue weighted by Crippen LogP contribution is -2.22. The minimum absolute atomic E-state index is 0.237. The van der Waals surface area contributed by atoms with Crippen molar-refractivity contribution in [3.8, 4) is 0 Å². The molecule has 4 N–H and O–H groups in total. The molecule has 1 aromatic heterocycles. The standard InChI is InChI=1S/C10H16N4/c1-6(2)9-13-5-7(8(11)14-9)10(12)3-4-10/h5-6H,3-4,12H2,1-2H3,(H2,11,13,14). The summed E-state index contributed by atoms with van der Waals surface area (Å²) in [5, 5.41) is 0. The lowest BCUT2D eigenvalue weighted by molar-refractivity contribution is 0.711. The van der Waals surface area contributed by atoms with Crippen LogP contribution in [0.25, 0.3) is 0 Å². The van der Waals surface area contributed by atoms with E-state index < -0.39 is 0 Å². The lowest BCUT2D eigenvalue weighted by atomic mass is 10.1. The van der Waals surface area contributed by atoms with Crippen molar-refractivity contribution in [2.75, 3.05) is 5.73 Å². The van der Waals surface area contributed by atoms with Crippen LogP contribution in [0.1, 0.15) is 44.0 Å². The Morgan fingerprint density at radius 2 is 2.07 bits per heavy atom. The van der Waals surface area contributed by atoms with Gasteiger partial charge in [0.2, 0.25) is 0 Å². The van der Waals surface area contributed by atoms with Crippen LogP contribution >= 0.6 is 0 Å². The fourth-order valence-corrected chi connectivity index (χ4v) is 1.48. The normalized spacial score (nSPS) is 18.6. The molecule has 0 radical (unpaired) electrons. The molecule has 0 saturated heterocycles. The van der Waals surface area contributed by atoms with Crippen molar-refractivity contribution in [3.05, 3.63) is 17.6 Å². The van der Waals surface area contributed by atoms with Crippen molar-refractivity contribution >= 4 is 5.82 Å². The molecule has 1 saturated carbocycles. The van der Waals surface area contributed by atoms with Crippen LogP contribution in [0.4, 0.5) is 5.82 Å². The Morgan fingerprint density at radius 3 is 2.50 bits per heavy atom. The average molecular weight is 192 g/mol. The number of nitrogens with zero attached hydrogens (tertiary/aromatic N) is 2. The molecule has 4 nitrogen and oxygen atoms in total. The van der Waals surface area contributed by atoms with Crippen LogP contribution in [0.3, 0.4) is 0 Å². The molecule has 1 aliphatic rings. The van der Waals surface area contributed by atoms with Crippen LogP contribution in [-0.4, -0.2) is 9.97 Å². The summed E-state index contributed by atoms with van der Waals surface area (Å²) in [5.74, 6) is 1.64. The van der Waals surface area contributed by atoms with E-state index in [9.17, 15) is 0 Å². The highest BCUT2D eigenvalue weighted by atomic mass is 15.0. The SMILES string of the molecule is CC(C)c1ncc(C2(N)CC2)c(N)n1. The van der Waals surface area contributed by atoms with E-state index >= 15 is 0 Å². The highest BCUT2D eigenvalue weighted by molar-refractivity contribution is 5.45. The van der Waals surface area contributed by atoms with Gasteiger partial charge in [0.15, 0.2) is 0 Å². The molecule has 1 aromatic rings. The third-order valence-electron chi connectivity index (χ3n) is 2.68. The first-order valence-corrected chi connectivity index (χ1v) is 4.95. The van der Waals surface area contributed by atoms with Crippen molar-refractivity contribution < 1.29 is 0 Å². The average Bonchev–Trinajstić information content (AvgIpc) is 2.84. The second-order valence-corrected chi connectivity index (χ2v) is 4.34. The monoisotopic (exact) mass is 192 g/mol. The maximum Gasteiger partial charge on any atom is 0.133 e. The summed E-state index contributed by atoms with van der Waals surface area (Å²) in [6.45, 7) is 4.09. The van der Waals surface area contributed by atoms with Crippen LogP contribution in [0.5, 0.6) is 0 Å². The Balaban J connectivity index is 2.37. The highest BCUT2D eigenvalue weighted by Crippen LogP contribution is 2.44. The Kier molecular flexibility index (Phi) is 1.96. The molecular formula is C10H16N4. The van der Waals surface area contributed by atoms with Crippen LogP contribution in [0.15, 0.2) is 6.20 Å². The largest absolute Gasteiger partial charge is 0.383 e. The van der Waals surface area contributed by atoms with Crippen LogP contribution < -0.4 is 11.5 Å². The third kappa shape index (κ3) is 1.46. The fourth-order valence-electron chi connectivity index (χ4n) is 1.48. The zero-order valence-corrected chi connectivity index (χ0v) is 8.62. The molecule has 4 heteroatoms. The maximum atomic E-state index is 6.03. The second-order valence-electron chi connectivity index (χ2n) is 4.34. The van der Waals surface area contributed by atoms with E-state index in [1.54, 1.807) is 6.20 Å². The molecule has 2 rings (SSSR count). The maximum absolute atomic E-state index is 6.03. The fraction of sp³-hybridized carbons (Fsp3) is 0.600. The smallest absolute Gasteiger partial charge is 0.133 e. The van der Waals surface area contributed by atoms with E-state index in [0.717, 1.165) is 24.2 Å². The number of anilines is 1. The minimum Gasteiger partial charge on any atom is -0.383 e. The van der Waals surface area contributed by atoms with Gasteiger partial charge in [0.1, 0.15) is 11.6 Å². The van der Waals surface area contributed by atoms with Gasteiger partial charge in [0, 0.05) is 23.2 Å². The molecule has 0 unspecified atom stereocenters. The Bertz CT molecular complexity index is 355. The molecular weight excluding hydrogens is 176 g/mol. The van der Waals surface area contributed by atoms with Gasteiger partial charge in [-0.15, -0.1) is 0 Å². The minimum atomic E-state index is -0.237. The zero-order valence-electron chi connectivity index (χ0n) is 8.62. The molecule has 0 spiro atoms. The van der Waals surface area contributed by atoms with Gasteiger partial charge in [0.25, 0.3) is 0 Å². The number of hydrogen-bond acceptors (Lipinski definition) is 4. The summed E-state index contributed by atoms with van der Waals surface area (Å²) in [5.41, 5.74) is 12.6. The number of nitrogen functional groups attached to an aromatic ring is 1. The summed E-state index contributed by atoms with van der Waals surface area (Å²) in [4.78, 5) is 8.54. The van der Waals surface area contributed by atoms with E-state index in [0.29, 0.717) is 11.7 Å². The number of rotatable bonds is 2. The van der Waals surface area contributed by atoms with Crippen molar-refractivity contribution in [3.63, 3.8) is 0 Å². The summed E-state index contributed by atoms with van der Waals surface area (Å²) in [6, 6.07) is 0. The third-order valence-corrected chi connectivity index (χ3v) is 2.68. The van der Waals surface area contributed by atoms with E-state index in [4.69, 9.17) is 11.5 Å². The molecule has 0 aromatic carbocycles. The Labute approximate surface area is 83.7 Å². The van der Waals surface area contributed by atoms with E-state index in [1.165, 1.54) is 0 Å². The molecule has 1 fully saturated rings. The first-order valence-electron chi connectivity index (χ1n) is 4.95. The summed E-state index contributed by atoms with van der Waals surface area (Å²) >= 11 is 0. The van der Waals surface area contributed by atoms with Gasteiger partial charge in [-0.1, -0.05) is 13.8 Å². The summed E-state index contributed by atoms with van der Waals surface area (Å²) in [7, 11) is 0. The molecule has 0 aliphatic heterocycles. The first-order chi connectivity index (χ1) is 6.53. The predicted molar refractivity (Wildman–Crippen MR) is 55.6 cm³/mol. The summed E-state index contributed by atoms with van der Waals surface area (Å²) in [6.07, 6.45) is 3.76. The van der Waals surface area contributed by atoms with E-state index in [2.05, 4.69) is 9.97 Å². The van der Waals surface area contributed by atoms with Gasteiger partial charge in [-0.2, -0.15) is 0 Å². The van der Waals surface area contributed by atoms with Crippen molar-refractivity contribution in [2.24, 2.45) is 5.73 Å². The van der Waals surface area contributed by atoms with Gasteiger partial charge in [-0.25, -0.2) is 9.97 Å². The molecule has 0 bridgehead atoms. The number of nitrogens with two attached hydrogens (primary N) is 2. The highest BCUT2D eigenvalue weighted by Gasteiger charge is 2.42. The van der Waals surface area contributed by atoms with Crippen molar-refractivity contribution in [2.45, 2.75) is 38.1 Å². The van der Waals surface area contributed by atoms with E-state index in [1.807, 2.05) is 13.8 Å². The topological polar surface area (TPSA) is 77.8 Å².